The molecule has 1 aromatic heterocycles. The van der Waals surface area contributed by atoms with E-state index < -0.39 is 0 Å². The van der Waals surface area contributed by atoms with Crippen molar-refractivity contribution in [2.45, 2.75) is 36.3 Å². The molecule has 1 aliphatic carbocycles. The van der Waals surface area contributed by atoms with Gasteiger partial charge in [0.25, 0.3) is 0 Å². The number of amides is 1. The van der Waals surface area contributed by atoms with Gasteiger partial charge in [-0.2, -0.15) is 0 Å². The van der Waals surface area contributed by atoms with E-state index in [2.05, 4.69) is 20.8 Å². The van der Waals surface area contributed by atoms with Crippen LogP contribution in [0.2, 0.25) is 0 Å². The Kier molecular flexibility index (Phi) is 5.13. The molecule has 1 aromatic carbocycles. The lowest BCUT2D eigenvalue weighted by Crippen LogP contribution is -2.45. The lowest BCUT2D eigenvalue weighted by Gasteiger charge is -2.42. The Bertz CT molecular complexity index is 699. The molecule has 6 nitrogen and oxygen atoms in total. The van der Waals surface area contributed by atoms with Gasteiger partial charge in [0.1, 0.15) is 5.82 Å². The van der Waals surface area contributed by atoms with Crippen molar-refractivity contribution in [3.05, 3.63) is 35.6 Å². The zero-order valence-corrected chi connectivity index (χ0v) is 14.4. The van der Waals surface area contributed by atoms with Crippen LogP contribution in [0.25, 0.3) is 0 Å². The molecule has 8 heteroatoms. The molecule has 1 fully saturated rings. The van der Waals surface area contributed by atoms with Gasteiger partial charge in [-0.25, -0.2) is 9.07 Å². The van der Waals surface area contributed by atoms with Crippen molar-refractivity contribution in [3.8, 4) is 0 Å². The molecule has 0 atom stereocenters. The summed E-state index contributed by atoms with van der Waals surface area (Å²) in [5, 5.41) is 14.9. The number of carbonyl (C=O) groups excluding carboxylic acids is 1. The van der Waals surface area contributed by atoms with Crippen molar-refractivity contribution in [3.63, 3.8) is 0 Å². The first kappa shape index (κ1) is 16.9. The number of nitrogens with one attached hydrogen (secondary N) is 1. The van der Waals surface area contributed by atoms with Crippen molar-refractivity contribution >= 4 is 17.7 Å². The fourth-order valence-corrected chi connectivity index (χ4v) is 3.70. The monoisotopic (exact) mass is 349 g/mol. The average Bonchev–Trinajstić information content (AvgIpc) is 2.93. The van der Waals surface area contributed by atoms with E-state index in [1.54, 1.807) is 11.7 Å². The SMILES string of the molecule is Cn1nnnc1SCCC(=O)NCC1(c2ccc(F)cc2)CCC1. The van der Waals surface area contributed by atoms with Gasteiger partial charge in [0, 0.05) is 31.2 Å². The van der Waals surface area contributed by atoms with Crippen LogP contribution in [0.5, 0.6) is 0 Å². The lowest BCUT2D eigenvalue weighted by molar-refractivity contribution is -0.121. The second-order valence-electron chi connectivity index (χ2n) is 6.10. The fraction of sp³-hybridized carbons (Fsp3) is 0.500. The Morgan fingerprint density at radius 1 is 1.38 bits per heavy atom. The van der Waals surface area contributed by atoms with Gasteiger partial charge in [-0.1, -0.05) is 30.3 Å². The highest BCUT2D eigenvalue weighted by Crippen LogP contribution is 2.43. The first-order valence-corrected chi connectivity index (χ1v) is 8.96. The maximum absolute atomic E-state index is 13.1. The first-order valence-electron chi connectivity index (χ1n) is 7.97. The zero-order valence-electron chi connectivity index (χ0n) is 13.5. The van der Waals surface area contributed by atoms with Gasteiger partial charge in [0.2, 0.25) is 11.1 Å². The summed E-state index contributed by atoms with van der Waals surface area (Å²) in [5.41, 5.74) is 1.07. The molecule has 2 aromatic rings. The molecule has 1 aliphatic rings. The van der Waals surface area contributed by atoms with Crippen LogP contribution >= 0.6 is 11.8 Å². The number of benzene rings is 1. The molecule has 0 spiro atoms. The van der Waals surface area contributed by atoms with Crippen LogP contribution in [0.1, 0.15) is 31.2 Å². The Balaban J connectivity index is 1.48. The Labute approximate surface area is 144 Å². The number of halogens is 1. The quantitative estimate of drug-likeness (QED) is 0.775. The van der Waals surface area contributed by atoms with Gasteiger partial charge in [-0.15, -0.1) is 5.10 Å². The summed E-state index contributed by atoms with van der Waals surface area (Å²) in [6, 6.07) is 6.64. The minimum Gasteiger partial charge on any atom is -0.355 e. The first-order chi connectivity index (χ1) is 11.6. The highest BCUT2D eigenvalue weighted by Gasteiger charge is 2.38. The van der Waals surface area contributed by atoms with Crippen LogP contribution in [0.15, 0.2) is 29.4 Å². The number of aromatic nitrogens is 4. The summed E-state index contributed by atoms with van der Waals surface area (Å²) in [4.78, 5) is 12.1. The number of hydrogen-bond donors (Lipinski definition) is 1. The summed E-state index contributed by atoms with van der Waals surface area (Å²) < 4.78 is 14.7. The van der Waals surface area contributed by atoms with E-state index in [4.69, 9.17) is 0 Å². The van der Waals surface area contributed by atoms with Crippen molar-refractivity contribution < 1.29 is 9.18 Å². The number of hydrogen-bond acceptors (Lipinski definition) is 5. The van der Waals surface area contributed by atoms with E-state index in [1.165, 1.54) is 23.9 Å². The summed E-state index contributed by atoms with van der Waals surface area (Å²) in [6.45, 7) is 0.605. The van der Waals surface area contributed by atoms with E-state index in [0.717, 1.165) is 24.8 Å². The molecule has 0 unspecified atom stereocenters. The minimum atomic E-state index is -0.229. The standard InChI is InChI=1S/C16H20FN5OS/c1-22-15(19-20-21-22)24-10-7-14(23)18-11-16(8-2-9-16)12-3-5-13(17)6-4-12/h3-6H,2,7-11H2,1H3,(H,18,23). The maximum Gasteiger partial charge on any atom is 0.220 e. The molecule has 0 bridgehead atoms. The third kappa shape index (κ3) is 3.75. The minimum absolute atomic E-state index is 0.0195. The number of nitrogens with zero attached hydrogens (tertiary/aromatic N) is 4. The highest BCUT2D eigenvalue weighted by molar-refractivity contribution is 7.99. The van der Waals surface area contributed by atoms with Crippen LogP contribution in [-0.2, 0) is 17.3 Å². The van der Waals surface area contributed by atoms with Gasteiger partial charge in [-0.3, -0.25) is 4.79 Å². The summed E-state index contributed by atoms with van der Waals surface area (Å²) in [5.74, 6) is 0.419. The van der Waals surface area contributed by atoms with Crippen molar-refractivity contribution in [1.29, 1.82) is 0 Å². The summed E-state index contributed by atoms with van der Waals surface area (Å²) >= 11 is 1.46. The fourth-order valence-electron chi connectivity index (χ4n) is 2.91. The third-order valence-electron chi connectivity index (χ3n) is 4.53. The van der Waals surface area contributed by atoms with Crippen LogP contribution < -0.4 is 5.32 Å². The van der Waals surface area contributed by atoms with E-state index in [9.17, 15) is 9.18 Å². The molecule has 1 saturated carbocycles. The summed E-state index contributed by atoms with van der Waals surface area (Å²) in [6.07, 6.45) is 3.61. The lowest BCUT2D eigenvalue weighted by atomic mass is 9.64. The van der Waals surface area contributed by atoms with Crippen LogP contribution in [0.4, 0.5) is 4.39 Å². The molecule has 128 valence electrons. The van der Waals surface area contributed by atoms with Crippen molar-refractivity contribution in [1.82, 2.24) is 25.5 Å². The van der Waals surface area contributed by atoms with E-state index in [-0.39, 0.29) is 17.1 Å². The van der Waals surface area contributed by atoms with E-state index in [1.807, 2.05) is 12.1 Å². The molecular formula is C16H20FN5OS. The smallest absolute Gasteiger partial charge is 0.220 e. The number of thioether (sulfide) groups is 1. The molecule has 0 saturated heterocycles. The molecule has 0 aliphatic heterocycles. The number of aryl methyl sites for hydroxylation is 1. The highest BCUT2D eigenvalue weighted by atomic mass is 32.2. The average molecular weight is 349 g/mol. The molecule has 1 heterocycles. The maximum atomic E-state index is 13.1. The van der Waals surface area contributed by atoms with E-state index in [0.29, 0.717) is 23.9 Å². The largest absolute Gasteiger partial charge is 0.355 e. The van der Waals surface area contributed by atoms with Crippen molar-refractivity contribution in [2.24, 2.45) is 7.05 Å². The third-order valence-corrected chi connectivity index (χ3v) is 5.55. The number of tetrazole rings is 1. The predicted molar refractivity (Wildman–Crippen MR) is 89.1 cm³/mol. The molecule has 0 radical (unpaired) electrons. The van der Waals surface area contributed by atoms with Gasteiger partial charge in [0.05, 0.1) is 0 Å². The topological polar surface area (TPSA) is 72.7 Å². The predicted octanol–water partition coefficient (Wildman–Crippen LogP) is 2.07. The number of carbonyl (C=O) groups is 1. The normalized spacial score (nSPS) is 15.8. The van der Waals surface area contributed by atoms with Gasteiger partial charge >= 0.3 is 0 Å². The van der Waals surface area contributed by atoms with Gasteiger partial charge in [0.15, 0.2) is 0 Å². The Morgan fingerprint density at radius 3 is 2.71 bits per heavy atom. The van der Waals surface area contributed by atoms with E-state index >= 15 is 0 Å². The van der Waals surface area contributed by atoms with Gasteiger partial charge < -0.3 is 5.32 Å². The second kappa shape index (κ2) is 7.29. The molecule has 3 rings (SSSR count). The summed E-state index contributed by atoms with van der Waals surface area (Å²) in [7, 11) is 1.77. The molecule has 1 N–H and O–H groups in total. The van der Waals surface area contributed by atoms with Crippen molar-refractivity contribution in [2.75, 3.05) is 12.3 Å². The van der Waals surface area contributed by atoms with Crippen LogP contribution in [-0.4, -0.2) is 38.4 Å². The molecule has 24 heavy (non-hydrogen) atoms. The Hall–Kier alpha value is -1.96. The second-order valence-corrected chi connectivity index (χ2v) is 7.16. The Morgan fingerprint density at radius 2 is 2.12 bits per heavy atom. The van der Waals surface area contributed by atoms with Crippen LogP contribution in [0, 0.1) is 5.82 Å². The number of rotatable bonds is 7. The zero-order chi connectivity index (χ0) is 17.0. The molecular weight excluding hydrogens is 329 g/mol. The van der Waals surface area contributed by atoms with Gasteiger partial charge in [-0.05, 0) is 41.0 Å². The van der Waals surface area contributed by atoms with Crippen LogP contribution in [0.3, 0.4) is 0 Å². The molecule has 1 amide bonds.